The van der Waals surface area contributed by atoms with Gasteiger partial charge in [0.05, 0.1) is 6.10 Å². The minimum absolute atomic E-state index is 0.0191. The van der Waals surface area contributed by atoms with Crippen molar-refractivity contribution >= 4 is 47.8 Å². The van der Waals surface area contributed by atoms with E-state index >= 15 is 0 Å². The zero-order chi connectivity index (χ0) is 29.7. The second-order valence-electron chi connectivity index (χ2n) is 10.1. The van der Waals surface area contributed by atoms with Crippen LogP contribution in [0.3, 0.4) is 0 Å². The number of hydrogen-bond acceptors (Lipinski definition) is 7. The van der Waals surface area contributed by atoms with Gasteiger partial charge in [-0.05, 0) is 47.5 Å². The van der Waals surface area contributed by atoms with Crippen molar-refractivity contribution in [3.63, 3.8) is 0 Å². The first-order chi connectivity index (χ1) is 20.2. The number of fused-ring (bicyclic) bond motifs is 2. The molecule has 3 unspecified atom stereocenters. The molecule has 5 rings (SSSR count). The van der Waals surface area contributed by atoms with Crippen LogP contribution in [0.25, 0.3) is 11.1 Å². The van der Waals surface area contributed by atoms with Crippen LogP contribution >= 0.6 is 0 Å². The number of benzene rings is 3. The molecule has 0 aliphatic carbocycles. The average molecular weight is 656 g/mol. The first-order valence-corrected chi connectivity index (χ1v) is 17.1. The molecular weight excluding hydrogens is 626 g/mol. The number of ether oxygens (including phenoxy) is 1. The Kier molecular flexibility index (Phi) is 9.29. The molecule has 1 amide bonds. The van der Waals surface area contributed by atoms with E-state index in [1.165, 1.54) is 12.1 Å². The van der Waals surface area contributed by atoms with Crippen molar-refractivity contribution in [2.45, 2.75) is 54.9 Å². The fourth-order valence-corrected chi connectivity index (χ4v) is 7.66. The van der Waals surface area contributed by atoms with Crippen LogP contribution in [0.1, 0.15) is 43.2 Å². The summed E-state index contributed by atoms with van der Waals surface area (Å²) in [6.45, 7) is 0. The van der Waals surface area contributed by atoms with Gasteiger partial charge in [-0.2, -0.15) is 8.42 Å². The van der Waals surface area contributed by atoms with Gasteiger partial charge in [-0.25, -0.2) is 4.39 Å². The minimum atomic E-state index is -4.14. The van der Waals surface area contributed by atoms with E-state index < -0.39 is 33.4 Å². The molecule has 8 nitrogen and oxygen atoms in total. The molecule has 42 heavy (non-hydrogen) atoms. The predicted molar refractivity (Wildman–Crippen MR) is 158 cm³/mol. The van der Waals surface area contributed by atoms with Crippen LogP contribution in [0.2, 0.25) is 5.32 Å². The number of phenols is 1. The van der Waals surface area contributed by atoms with E-state index in [-0.39, 0.29) is 38.8 Å². The fraction of sp³-hybridized carbons (Fsp3) is 0.290. The molecule has 2 bridgehead atoms. The molecule has 3 aromatic carbocycles. The van der Waals surface area contributed by atoms with Gasteiger partial charge in [0.2, 0.25) is 0 Å². The number of nitrogens with one attached hydrogen (secondary N) is 1. The monoisotopic (exact) mass is 656 g/mol. The first kappa shape index (κ1) is 29.8. The van der Waals surface area contributed by atoms with Crippen molar-refractivity contribution in [3.8, 4) is 16.5 Å². The number of hydrogen-bond donors (Lipinski definition) is 2. The molecular formula is C31H29FN2O6SSe. The van der Waals surface area contributed by atoms with E-state index in [1.54, 1.807) is 36.4 Å². The number of nitriles is 1. The summed E-state index contributed by atoms with van der Waals surface area (Å²) in [5, 5.41) is 21.3. The van der Waals surface area contributed by atoms with Crippen molar-refractivity contribution in [3.05, 3.63) is 89.7 Å². The van der Waals surface area contributed by atoms with Crippen molar-refractivity contribution in [2.75, 3.05) is 5.32 Å². The maximum atomic E-state index is 13.4. The Labute approximate surface area is 250 Å². The third-order valence-corrected chi connectivity index (χ3v) is 10.2. The van der Waals surface area contributed by atoms with E-state index in [9.17, 15) is 22.7 Å². The van der Waals surface area contributed by atoms with Crippen LogP contribution in [0, 0.1) is 16.0 Å². The Morgan fingerprint density at radius 2 is 1.67 bits per heavy atom. The van der Waals surface area contributed by atoms with Crippen molar-refractivity contribution in [2.24, 2.45) is 0 Å². The van der Waals surface area contributed by atoms with Crippen LogP contribution in [0.4, 0.5) is 10.1 Å². The Morgan fingerprint density at radius 3 is 2.36 bits per heavy atom. The van der Waals surface area contributed by atoms with Gasteiger partial charge in [-0.15, -0.1) is 0 Å². The molecule has 0 aromatic heterocycles. The summed E-state index contributed by atoms with van der Waals surface area (Å²) in [6.07, 6.45) is 1.85. The molecule has 0 radical (unpaired) electrons. The van der Waals surface area contributed by atoms with Crippen LogP contribution in [-0.2, 0) is 19.6 Å². The van der Waals surface area contributed by atoms with Crippen LogP contribution in [0.15, 0.2) is 72.8 Å². The summed E-state index contributed by atoms with van der Waals surface area (Å²) >= 11 is 0.0191. The van der Waals surface area contributed by atoms with E-state index in [2.05, 4.69) is 10.3 Å². The first-order valence-electron chi connectivity index (χ1n) is 13.5. The van der Waals surface area contributed by atoms with Gasteiger partial charge in [0.1, 0.15) is 28.7 Å². The van der Waals surface area contributed by atoms with Crippen LogP contribution in [-0.4, -0.2) is 51.8 Å². The molecule has 0 saturated carbocycles. The second kappa shape index (κ2) is 13.1. The van der Waals surface area contributed by atoms with E-state index in [1.807, 2.05) is 12.1 Å². The Hall–Kier alpha value is -3.68. The second-order valence-corrected chi connectivity index (χ2v) is 13.7. The predicted octanol–water partition coefficient (Wildman–Crippen LogP) is 5.49. The van der Waals surface area contributed by atoms with Gasteiger partial charge in [0.15, 0.2) is 0 Å². The third kappa shape index (κ3) is 6.85. The quantitative estimate of drug-likeness (QED) is 0.150. The Bertz CT molecular complexity index is 1600. The molecule has 1 fully saturated rings. The summed E-state index contributed by atoms with van der Waals surface area (Å²) in [6, 6.07) is 18.7. The molecule has 0 spiro atoms. The van der Waals surface area contributed by atoms with E-state index in [4.69, 9.17) is 14.2 Å². The number of unbranched alkanes of at least 4 members (excludes halogenated alkanes) is 2. The summed E-state index contributed by atoms with van der Waals surface area (Å²) in [5.41, 5.74) is 3.70. The standard InChI is InChI=1S/C31H29FN2O6SSe/c32-22-9-15-25(16-10-22)40-41(37,38)27-18-26-29(20-7-13-24(35)14-8-20)30(31(27)39-26)21-5-11-23(12-6-21)34-28(36)4-2-1-3-17-42-19-33/h5-16,26-27,31,35H,1-4,17-18H2,(H,34,36). The van der Waals surface area contributed by atoms with Gasteiger partial charge in [-0.1, -0.05) is 12.1 Å². The van der Waals surface area contributed by atoms with Gasteiger partial charge in [-0.3, -0.25) is 0 Å². The molecule has 2 aliphatic heterocycles. The normalized spacial score (nSPS) is 19.5. The van der Waals surface area contributed by atoms with Crippen molar-refractivity contribution < 1.29 is 31.6 Å². The molecule has 3 aromatic rings. The molecule has 1 saturated heterocycles. The zero-order valence-electron chi connectivity index (χ0n) is 22.5. The molecule has 11 heteroatoms. The summed E-state index contributed by atoms with van der Waals surface area (Å²) in [5.74, 6) is -0.461. The van der Waals surface area contributed by atoms with E-state index in [0.29, 0.717) is 17.7 Å². The Balaban J connectivity index is 1.36. The summed E-state index contributed by atoms with van der Waals surface area (Å²) in [7, 11) is -4.14. The number of amides is 1. The fourth-order valence-electron chi connectivity index (χ4n) is 5.32. The van der Waals surface area contributed by atoms with Crippen LogP contribution in [0.5, 0.6) is 11.5 Å². The number of carbonyl (C=O) groups is 1. The van der Waals surface area contributed by atoms with Crippen molar-refractivity contribution in [1.29, 1.82) is 5.26 Å². The van der Waals surface area contributed by atoms with Crippen molar-refractivity contribution in [1.82, 2.24) is 0 Å². The summed E-state index contributed by atoms with van der Waals surface area (Å²) in [4.78, 5) is 14.6. The number of nitrogens with zero attached hydrogens (tertiary/aromatic N) is 1. The number of anilines is 1. The number of rotatable bonds is 12. The van der Waals surface area contributed by atoms with Gasteiger partial charge in [0, 0.05) is 6.42 Å². The SMILES string of the molecule is N#C[Se]CCCCCC(=O)Nc1ccc(C2=C(c3ccc(O)cc3)C3CC(S(=O)(=O)Oc4ccc(F)cc4)C2O3)cc1. The van der Waals surface area contributed by atoms with Crippen LogP contribution < -0.4 is 9.50 Å². The van der Waals surface area contributed by atoms with E-state index in [0.717, 1.165) is 53.4 Å². The maximum absolute atomic E-state index is 13.4. The summed E-state index contributed by atoms with van der Waals surface area (Å²) < 4.78 is 51.7. The van der Waals surface area contributed by atoms with Gasteiger partial charge in [0.25, 0.3) is 0 Å². The number of carbonyl (C=O) groups excluding carboxylic acids is 1. The molecule has 3 atom stereocenters. The molecule has 218 valence electrons. The molecule has 2 aliphatic rings. The van der Waals surface area contributed by atoms with Gasteiger partial charge < -0.3 is 14.0 Å². The number of halogens is 1. The zero-order valence-corrected chi connectivity index (χ0v) is 25.1. The number of phenolic OH excluding ortho intramolecular Hbond substituents is 1. The Morgan fingerprint density at radius 1 is 1.00 bits per heavy atom. The average Bonchev–Trinajstić information content (AvgIpc) is 3.57. The molecule has 2 N–H and O–H groups in total. The third-order valence-electron chi connectivity index (χ3n) is 7.26. The number of aromatic hydroxyl groups is 1. The topological polar surface area (TPSA) is 126 Å². The van der Waals surface area contributed by atoms with Gasteiger partial charge >= 0.3 is 123 Å². The molecule has 2 heterocycles.